The van der Waals surface area contributed by atoms with Crippen LogP contribution in [0.25, 0.3) is 15.9 Å². The van der Waals surface area contributed by atoms with Crippen LogP contribution < -0.4 is 20.2 Å². The third-order valence-electron chi connectivity index (χ3n) is 5.87. The first-order valence-corrected chi connectivity index (χ1v) is 14.4. The maximum absolute atomic E-state index is 13.9. The molecule has 0 atom stereocenters. The fraction of sp³-hybridized carbons (Fsp3) is 0.222. The van der Waals surface area contributed by atoms with E-state index in [9.17, 15) is 27.7 Å². The molecule has 12 heteroatoms. The Morgan fingerprint density at radius 3 is 2.46 bits per heavy atom. The average Bonchev–Trinajstić information content (AvgIpc) is 3.33. The number of nitrogens with one attached hydrogen (secondary N) is 2. The SMILES string of the molecule is CCNC(=O)c1cc2c(s1)c(=O)c(C#N)cn2-c1cc(NS(=O)(=O)CC)ccc1Oc1c(C)cc(F)cc1C. The fourth-order valence-electron chi connectivity index (χ4n) is 4.02. The van der Waals surface area contributed by atoms with Crippen LogP contribution in [0, 0.1) is 31.0 Å². The summed E-state index contributed by atoms with van der Waals surface area (Å²) in [4.78, 5) is 25.9. The van der Waals surface area contributed by atoms with E-state index in [1.165, 1.54) is 54.1 Å². The summed E-state index contributed by atoms with van der Waals surface area (Å²) in [6.07, 6.45) is 1.32. The molecule has 0 fully saturated rings. The Hall–Kier alpha value is -4.21. The maximum atomic E-state index is 13.9. The molecule has 0 saturated carbocycles. The van der Waals surface area contributed by atoms with E-state index < -0.39 is 21.3 Å². The van der Waals surface area contributed by atoms with E-state index in [1.54, 1.807) is 20.8 Å². The molecule has 0 bridgehead atoms. The van der Waals surface area contributed by atoms with Crippen molar-refractivity contribution in [1.82, 2.24) is 9.88 Å². The van der Waals surface area contributed by atoms with Gasteiger partial charge in [0.1, 0.15) is 27.9 Å². The van der Waals surface area contributed by atoms with Gasteiger partial charge in [-0.1, -0.05) is 0 Å². The molecule has 0 unspecified atom stereocenters. The number of hydrogen-bond acceptors (Lipinski definition) is 7. The predicted octanol–water partition coefficient (Wildman–Crippen LogP) is 4.98. The number of thiophene rings is 1. The largest absolute Gasteiger partial charge is 0.455 e. The van der Waals surface area contributed by atoms with Crippen molar-refractivity contribution >= 4 is 43.2 Å². The molecule has 0 aliphatic carbocycles. The molecule has 0 radical (unpaired) electrons. The molecule has 39 heavy (non-hydrogen) atoms. The van der Waals surface area contributed by atoms with Gasteiger partial charge < -0.3 is 14.6 Å². The van der Waals surface area contributed by atoms with Gasteiger partial charge in [0.2, 0.25) is 15.5 Å². The van der Waals surface area contributed by atoms with E-state index in [1.807, 2.05) is 6.07 Å². The van der Waals surface area contributed by atoms with Gasteiger partial charge in [0, 0.05) is 12.7 Å². The Bertz CT molecular complexity index is 1800. The zero-order chi connectivity index (χ0) is 28.5. The number of fused-ring (bicyclic) bond motifs is 1. The molecular weight excluding hydrogens is 543 g/mol. The van der Waals surface area contributed by atoms with Gasteiger partial charge in [-0.3, -0.25) is 14.3 Å². The number of pyridine rings is 1. The van der Waals surface area contributed by atoms with Crippen molar-refractivity contribution in [1.29, 1.82) is 5.26 Å². The topological polar surface area (TPSA) is 130 Å². The number of carbonyl (C=O) groups excluding carboxylic acids is 1. The van der Waals surface area contributed by atoms with E-state index in [0.717, 1.165) is 11.3 Å². The monoisotopic (exact) mass is 568 g/mol. The molecule has 0 aliphatic rings. The molecule has 202 valence electrons. The van der Waals surface area contributed by atoms with Crippen LogP contribution in [0.2, 0.25) is 0 Å². The number of aryl methyl sites for hydroxylation is 2. The number of nitrogens with zero attached hydrogens (tertiary/aromatic N) is 2. The number of halogens is 1. The molecule has 2 aromatic carbocycles. The van der Waals surface area contributed by atoms with E-state index in [2.05, 4.69) is 10.0 Å². The zero-order valence-corrected chi connectivity index (χ0v) is 23.2. The molecular formula is C27H25FN4O5S2. The number of nitriles is 1. The number of sulfonamides is 1. The Morgan fingerprint density at radius 1 is 1.15 bits per heavy atom. The molecule has 0 saturated heterocycles. The lowest BCUT2D eigenvalue weighted by atomic mass is 10.1. The molecule has 2 heterocycles. The van der Waals surface area contributed by atoms with E-state index in [-0.39, 0.29) is 43.9 Å². The Balaban J connectivity index is 2.01. The lowest BCUT2D eigenvalue weighted by Gasteiger charge is -2.19. The summed E-state index contributed by atoms with van der Waals surface area (Å²) in [6.45, 7) is 7.04. The van der Waals surface area contributed by atoms with E-state index >= 15 is 0 Å². The zero-order valence-electron chi connectivity index (χ0n) is 21.6. The number of carbonyl (C=O) groups is 1. The van der Waals surface area contributed by atoms with Crippen molar-refractivity contribution in [3.05, 3.63) is 80.2 Å². The second kappa shape index (κ2) is 10.9. The molecule has 4 aromatic rings. The summed E-state index contributed by atoms with van der Waals surface area (Å²) in [5.74, 6) is -0.312. The van der Waals surface area contributed by atoms with Gasteiger partial charge in [0.05, 0.1) is 27.5 Å². The number of amides is 1. The predicted molar refractivity (Wildman–Crippen MR) is 149 cm³/mol. The summed E-state index contributed by atoms with van der Waals surface area (Å²) in [6, 6.07) is 10.6. The van der Waals surface area contributed by atoms with Crippen LogP contribution in [0.5, 0.6) is 11.5 Å². The standard InChI is InChI=1S/C27H25FN4O5S2/c1-5-30-27(34)23-12-21-26(38-23)24(33)17(13-29)14-32(21)20-11-19(31-39(35,36)6-2)7-8-22(20)37-25-15(3)9-18(28)10-16(25)4/h7-12,14,31H,5-6H2,1-4H3,(H,30,34). The first-order valence-electron chi connectivity index (χ1n) is 11.9. The van der Waals surface area contributed by atoms with Crippen LogP contribution in [-0.4, -0.2) is 31.2 Å². The van der Waals surface area contributed by atoms with Gasteiger partial charge in [-0.25, -0.2) is 12.8 Å². The number of aromatic nitrogens is 1. The van der Waals surface area contributed by atoms with Crippen molar-refractivity contribution in [3.8, 4) is 23.3 Å². The summed E-state index contributed by atoms with van der Waals surface area (Å²) in [5.41, 5.74) is 1.20. The van der Waals surface area contributed by atoms with Crippen molar-refractivity contribution in [2.75, 3.05) is 17.0 Å². The third-order valence-corrected chi connectivity index (χ3v) is 8.30. The smallest absolute Gasteiger partial charge is 0.261 e. The summed E-state index contributed by atoms with van der Waals surface area (Å²) < 4.78 is 49.0. The summed E-state index contributed by atoms with van der Waals surface area (Å²) in [5, 5.41) is 12.4. The maximum Gasteiger partial charge on any atom is 0.261 e. The first kappa shape index (κ1) is 27.8. The number of rotatable bonds is 8. The van der Waals surface area contributed by atoms with E-state index in [4.69, 9.17) is 4.74 Å². The van der Waals surface area contributed by atoms with Gasteiger partial charge in [0.25, 0.3) is 5.91 Å². The number of hydrogen-bond donors (Lipinski definition) is 2. The minimum atomic E-state index is -3.63. The van der Waals surface area contributed by atoms with Crippen LogP contribution in [0.3, 0.4) is 0 Å². The molecule has 2 aromatic heterocycles. The second-order valence-electron chi connectivity index (χ2n) is 8.70. The number of ether oxygens (including phenoxy) is 1. The minimum Gasteiger partial charge on any atom is -0.455 e. The average molecular weight is 569 g/mol. The summed E-state index contributed by atoms with van der Waals surface area (Å²) in [7, 11) is -3.63. The lowest BCUT2D eigenvalue weighted by Crippen LogP contribution is -2.21. The molecule has 0 aliphatic heterocycles. The highest BCUT2D eigenvalue weighted by Crippen LogP contribution is 2.37. The van der Waals surface area contributed by atoms with Crippen LogP contribution in [-0.2, 0) is 10.0 Å². The lowest BCUT2D eigenvalue weighted by molar-refractivity contribution is 0.0960. The van der Waals surface area contributed by atoms with Crippen molar-refractivity contribution in [2.45, 2.75) is 27.7 Å². The quantitative estimate of drug-likeness (QED) is 0.308. The third kappa shape index (κ3) is 5.64. The second-order valence-corrected chi connectivity index (χ2v) is 11.8. The first-order chi connectivity index (χ1) is 18.5. The highest BCUT2D eigenvalue weighted by Gasteiger charge is 2.21. The van der Waals surface area contributed by atoms with Gasteiger partial charge in [-0.05, 0) is 75.2 Å². The van der Waals surface area contributed by atoms with Gasteiger partial charge >= 0.3 is 0 Å². The van der Waals surface area contributed by atoms with E-state index in [0.29, 0.717) is 28.9 Å². The molecule has 4 rings (SSSR count). The fourth-order valence-corrected chi connectivity index (χ4v) is 5.67. The Morgan fingerprint density at radius 2 is 1.85 bits per heavy atom. The van der Waals surface area contributed by atoms with Gasteiger partial charge in [0.15, 0.2) is 5.75 Å². The van der Waals surface area contributed by atoms with Crippen molar-refractivity contribution < 1.29 is 22.3 Å². The van der Waals surface area contributed by atoms with Crippen molar-refractivity contribution in [2.24, 2.45) is 0 Å². The van der Waals surface area contributed by atoms with Crippen LogP contribution in [0.1, 0.15) is 40.2 Å². The Kier molecular flexibility index (Phi) is 7.76. The highest BCUT2D eigenvalue weighted by molar-refractivity contribution is 7.92. The minimum absolute atomic E-state index is 0.157. The van der Waals surface area contributed by atoms with Crippen LogP contribution >= 0.6 is 11.3 Å². The Labute approximate surface area is 228 Å². The van der Waals surface area contributed by atoms with Gasteiger partial charge in [-0.15, -0.1) is 11.3 Å². The number of benzene rings is 2. The van der Waals surface area contributed by atoms with Crippen LogP contribution in [0.15, 0.2) is 47.4 Å². The van der Waals surface area contributed by atoms with Crippen LogP contribution in [0.4, 0.5) is 10.1 Å². The molecule has 0 spiro atoms. The van der Waals surface area contributed by atoms with Crippen molar-refractivity contribution in [3.63, 3.8) is 0 Å². The number of anilines is 1. The molecule has 1 amide bonds. The highest BCUT2D eigenvalue weighted by atomic mass is 32.2. The van der Waals surface area contributed by atoms with Gasteiger partial charge in [-0.2, -0.15) is 5.26 Å². The normalized spacial score (nSPS) is 11.3. The molecule has 9 nitrogen and oxygen atoms in total. The molecule has 2 N–H and O–H groups in total. The summed E-state index contributed by atoms with van der Waals surface area (Å²) >= 11 is 0.954.